The van der Waals surface area contributed by atoms with Crippen LogP contribution in [0.5, 0.6) is 23.0 Å². The fourth-order valence-corrected chi connectivity index (χ4v) is 4.08. The number of hydrogen-bond donors (Lipinski definition) is 4. The van der Waals surface area contributed by atoms with Crippen molar-refractivity contribution in [2.75, 3.05) is 0 Å². The zero-order valence-electron chi connectivity index (χ0n) is 18.8. The summed E-state index contributed by atoms with van der Waals surface area (Å²) in [5.74, 6) is -1.29. The van der Waals surface area contributed by atoms with Crippen molar-refractivity contribution in [2.24, 2.45) is 10.2 Å². The molecule has 1 aliphatic carbocycles. The van der Waals surface area contributed by atoms with E-state index in [2.05, 4.69) is 10.2 Å². The monoisotopic (exact) mass is 468 g/mol. The highest BCUT2D eigenvalue weighted by atomic mass is 16.3. The van der Waals surface area contributed by atoms with Crippen LogP contribution in [0.2, 0.25) is 0 Å². The lowest BCUT2D eigenvalue weighted by Gasteiger charge is -2.17. The van der Waals surface area contributed by atoms with E-state index < -0.39 is 22.7 Å². The molecule has 0 aromatic heterocycles. The molecule has 0 saturated carbocycles. The van der Waals surface area contributed by atoms with Crippen molar-refractivity contribution >= 4 is 22.3 Å². The summed E-state index contributed by atoms with van der Waals surface area (Å²) >= 11 is 0. The SMILES string of the molecule is Cc1cccc(C)c1N=Nc1ccc(O)c(-c2c3cc(O)c(=O)cc-3oc3cc(O)c(O)cc23)c1. The summed E-state index contributed by atoms with van der Waals surface area (Å²) in [6.07, 6.45) is 0. The maximum Gasteiger partial charge on any atom is 0.223 e. The van der Waals surface area contributed by atoms with Crippen molar-refractivity contribution in [3.63, 3.8) is 0 Å². The van der Waals surface area contributed by atoms with Crippen molar-refractivity contribution in [3.05, 3.63) is 82.0 Å². The third-order valence-electron chi connectivity index (χ3n) is 5.85. The first kappa shape index (κ1) is 22.0. The zero-order valence-corrected chi connectivity index (χ0v) is 18.8. The Labute approximate surface area is 199 Å². The maximum absolute atomic E-state index is 12.1. The molecule has 0 saturated heterocycles. The molecule has 4 N–H and O–H groups in total. The Morgan fingerprint density at radius 2 is 1.43 bits per heavy atom. The van der Waals surface area contributed by atoms with Gasteiger partial charge in [0.2, 0.25) is 5.43 Å². The summed E-state index contributed by atoms with van der Waals surface area (Å²) in [4.78, 5) is 12.1. The minimum atomic E-state index is -0.644. The van der Waals surface area contributed by atoms with Crippen LogP contribution in [0.1, 0.15) is 11.1 Å². The molecule has 5 rings (SSSR count). The van der Waals surface area contributed by atoms with E-state index >= 15 is 0 Å². The number of phenolic OH excluding ortho intramolecular Hbond substituents is 4. The van der Waals surface area contributed by atoms with Gasteiger partial charge in [0.1, 0.15) is 17.1 Å². The Balaban J connectivity index is 1.78. The van der Waals surface area contributed by atoms with Gasteiger partial charge in [0.25, 0.3) is 0 Å². The lowest BCUT2D eigenvalue weighted by Crippen LogP contribution is -2.01. The minimum absolute atomic E-state index is 0.108. The summed E-state index contributed by atoms with van der Waals surface area (Å²) in [7, 11) is 0. The van der Waals surface area contributed by atoms with Gasteiger partial charge in [-0.2, -0.15) is 10.2 Å². The predicted molar refractivity (Wildman–Crippen MR) is 131 cm³/mol. The molecule has 3 aromatic rings. The Bertz CT molecular complexity index is 1670. The number of azo groups is 1. The molecule has 2 aliphatic rings. The molecule has 0 unspecified atom stereocenters. The molecule has 0 amide bonds. The van der Waals surface area contributed by atoms with Crippen LogP contribution < -0.4 is 5.43 Å². The summed E-state index contributed by atoms with van der Waals surface area (Å²) < 4.78 is 5.78. The van der Waals surface area contributed by atoms with E-state index in [9.17, 15) is 25.2 Å². The smallest absolute Gasteiger partial charge is 0.223 e. The molecule has 3 aromatic carbocycles. The summed E-state index contributed by atoms with van der Waals surface area (Å²) in [6.45, 7) is 3.88. The number of fused-ring (bicyclic) bond motifs is 2. The van der Waals surface area contributed by atoms with Crippen LogP contribution in [0.25, 0.3) is 33.4 Å². The van der Waals surface area contributed by atoms with Gasteiger partial charge in [-0.15, -0.1) is 0 Å². The lowest BCUT2D eigenvalue weighted by molar-refractivity contribution is 0.404. The first-order valence-electron chi connectivity index (χ1n) is 10.7. The van der Waals surface area contributed by atoms with Crippen LogP contribution in [0.4, 0.5) is 11.4 Å². The van der Waals surface area contributed by atoms with Gasteiger partial charge in [0.15, 0.2) is 17.2 Å². The van der Waals surface area contributed by atoms with Gasteiger partial charge in [-0.3, -0.25) is 4.79 Å². The molecule has 35 heavy (non-hydrogen) atoms. The standard InChI is InChI=1S/C27H20N2O6/c1-13-4-3-5-14(2)27(13)29-28-15-6-7-19(30)16(8-15)26-17-9-20(31)22(33)11-24(17)35-25-12-23(34)21(32)10-18(25)26/h3-12,30-33H,1-2H3. The molecule has 0 radical (unpaired) electrons. The van der Waals surface area contributed by atoms with Crippen LogP contribution in [-0.2, 0) is 0 Å². The predicted octanol–water partition coefficient (Wildman–Crippen LogP) is 6.42. The first-order valence-corrected chi connectivity index (χ1v) is 10.7. The van der Waals surface area contributed by atoms with Crippen molar-refractivity contribution in [3.8, 4) is 45.4 Å². The minimum Gasteiger partial charge on any atom is -0.507 e. The Morgan fingerprint density at radius 3 is 2.17 bits per heavy atom. The molecule has 0 bridgehead atoms. The summed E-state index contributed by atoms with van der Waals surface area (Å²) in [6, 6.07) is 15.3. The van der Waals surface area contributed by atoms with Gasteiger partial charge < -0.3 is 24.8 Å². The van der Waals surface area contributed by atoms with Crippen LogP contribution in [0.15, 0.2) is 80.1 Å². The molecule has 1 aliphatic heterocycles. The number of phenols is 4. The van der Waals surface area contributed by atoms with Gasteiger partial charge in [-0.05, 0) is 55.3 Å². The average molecular weight is 468 g/mol. The Kier molecular flexibility index (Phi) is 5.13. The third-order valence-corrected chi connectivity index (χ3v) is 5.85. The quantitative estimate of drug-likeness (QED) is 0.137. The molecule has 8 nitrogen and oxygen atoms in total. The highest BCUT2D eigenvalue weighted by Gasteiger charge is 2.22. The van der Waals surface area contributed by atoms with E-state index in [4.69, 9.17) is 4.42 Å². The molecule has 8 heteroatoms. The van der Waals surface area contributed by atoms with Crippen molar-refractivity contribution in [1.29, 1.82) is 0 Å². The van der Waals surface area contributed by atoms with Crippen LogP contribution in [0, 0.1) is 13.8 Å². The van der Waals surface area contributed by atoms with Gasteiger partial charge in [-0.1, -0.05) is 18.2 Å². The van der Waals surface area contributed by atoms with E-state index in [0.29, 0.717) is 27.8 Å². The number of aryl methyl sites for hydroxylation is 2. The highest BCUT2D eigenvalue weighted by molar-refractivity contribution is 6.04. The van der Waals surface area contributed by atoms with Crippen molar-refractivity contribution < 1.29 is 24.8 Å². The first-order chi connectivity index (χ1) is 16.7. The second kappa shape index (κ2) is 8.18. The van der Waals surface area contributed by atoms with Crippen molar-refractivity contribution in [2.45, 2.75) is 13.8 Å². The number of hydrogen-bond acceptors (Lipinski definition) is 8. The molecule has 0 atom stereocenters. The highest BCUT2D eigenvalue weighted by Crippen LogP contribution is 2.47. The Morgan fingerprint density at radius 1 is 0.714 bits per heavy atom. The van der Waals surface area contributed by atoms with E-state index in [1.807, 2.05) is 32.0 Å². The summed E-state index contributed by atoms with van der Waals surface area (Å²) in [5.41, 5.74) is 3.62. The van der Waals surface area contributed by atoms with Crippen LogP contribution in [-0.4, -0.2) is 20.4 Å². The number of nitrogens with zero attached hydrogens (tertiary/aromatic N) is 2. The number of benzene rings is 4. The largest absolute Gasteiger partial charge is 0.507 e. The fourth-order valence-electron chi connectivity index (χ4n) is 4.08. The summed E-state index contributed by atoms with van der Waals surface area (Å²) in [5, 5.41) is 50.1. The van der Waals surface area contributed by atoms with E-state index in [1.54, 1.807) is 12.1 Å². The second-order valence-corrected chi connectivity index (χ2v) is 8.27. The molecular formula is C27H20N2O6. The fraction of sp³-hybridized carbons (Fsp3) is 0.0741. The topological polar surface area (TPSA) is 136 Å². The van der Waals surface area contributed by atoms with E-state index in [1.165, 1.54) is 24.3 Å². The van der Waals surface area contributed by atoms with Gasteiger partial charge in [-0.25, -0.2) is 0 Å². The van der Waals surface area contributed by atoms with Crippen molar-refractivity contribution in [1.82, 2.24) is 0 Å². The Hall–Kier alpha value is -4.85. The van der Waals surface area contributed by atoms with E-state index in [0.717, 1.165) is 22.9 Å². The van der Waals surface area contributed by atoms with Gasteiger partial charge in [0.05, 0.1) is 11.4 Å². The number of rotatable bonds is 3. The molecule has 0 spiro atoms. The van der Waals surface area contributed by atoms with Gasteiger partial charge >= 0.3 is 0 Å². The zero-order chi connectivity index (χ0) is 24.9. The average Bonchev–Trinajstić information content (AvgIpc) is 2.81. The molecular weight excluding hydrogens is 448 g/mol. The molecule has 1 heterocycles. The molecule has 174 valence electrons. The second-order valence-electron chi connectivity index (χ2n) is 8.27. The van der Waals surface area contributed by atoms with Gasteiger partial charge in [0, 0.05) is 34.2 Å². The molecule has 0 fully saturated rings. The maximum atomic E-state index is 12.1. The number of aromatic hydroxyl groups is 4. The van der Waals surface area contributed by atoms with E-state index in [-0.39, 0.29) is 17.1 Å². The van der Waals surface area contributed by atoms with Crippen LogP contribution >= 0.6 is 0 Å². The normalized spacial score (nSPS) is 11.6. The third kappa shape index (κ3) is 3.80. The lowest BCUT2D eigenvalue weighted by atomic mass is 9.92. The van der Waals surface area contributed by atoms with Crippen LogP contribution in [0.3, 0.4) is 0 Å².